The Kier molecular flexibility index (Phi) is 2.32. The molecule has 1 N–H and O–H groups in total. The average molecular weight is 229 g/mol. The molecule has 3 rings (SSSR count). The van der Waals surface area contributed by atoms with Crippen LogP contribution in [-0.4, -0.2) is 26.1 Å². The Labute approximate surface area is 97.6 Å². The molecule has 0 saturated carbocycles. The lowest BCUT2D eigenvalue weighted by Gasteiger charge is -2.22. The van der Waals surface area contributed by atoms with E-state index < -0.39 is 0 Å². The minimum absolute atomic E-state index is 0.0502. The Balaban J connectivity index is 1.88. The van der Waals surface area contributed by atoms with Crippen LogP contribution in [-0.2, 0) is 17.8 Å². The minimum atomic E-state index is -0.145. The van der Waals surface area contributed by atoms with Gasteiger partial charge in [-0.2, -0.15) is 0 Å². The summed E-state index contributed by atoms with van der Waals surface area (Å²) >= 11 is 0. The molecule has 2 heterocycles. The van der Waals surface area contributed by atoms with E-state index in [-0.39, 0.29) is 18.5 Å². The van der Waals surface area contributed by atoms with Gasteiger partial charge in [-0.3, -0.25) is 4.79 Å². The Hall–Kier alpha value is -2.24. The maximum absolute atomic E-state index is 11.5. The van der Waals surface area contributed by atoms with Crippen molar-refractivity contribution in [2.75, 3.05) is 0 Å². The summed E-state index contributed by atoms with van der Waals surface area (Å²) in [5, 5.41) is 14.3. The number of fused-ring (bicyclic) bond motifs is 1. The van der Waals surface area contributed by atoms with Gasteiger partial charge in [0.2, 0.25) is 5.91 Å². The summed E-state index contributed by atoms with van der Waals surface area (Å²) in [6, 6.07) is 9.82. The number of benzene rings is 1. The fraction of sp³-hybridized carbons (Fsp3) is 0.273. The lowest BCUT2D eigenvalue weighted by Crippen LogP contribution is -2.40. The van der Waals surface area contributed by atoms with Crippen molar-refractivity contribution in [3.8, 4) is 0 Å². The SMILES string of the molecule is O=C1Cn2nnnc2[C@@H](Cc2ccccc2)N1. The van der Waals surface area contributed by atoms with Crippen LogP contribution in [0.1, 0.15) is 17.4 Å². The van der Waals surface area contributed by atoms with Crippen LogP contribution in [0.4, 0.5) is 0 Å². The zero-order chi connectivity index (χ0) is 11.7. The van der Waals surface area contributed by atoms with Gasteiger partial charge in [-0.1, -0.05) is 30.3 Å². The van der Waals surface area contributed by atoms with E-state index in [2.05, 4.69) is 20.8 Å². The van der Waals surface area contributed by atoms with Crippen LogP contribution in [0.15, 0.2) is 30.3 Å². The molecule has 86 valence electrons. The topological polar surface area (TPSA) is 72.7 Å². The van der Waals surface area contributed by atoms with Gasteiger partial charge in [0.25, 0.3) is 0 Å². The van der Waals surface area contributed by atoms with E-state index in [0.29, 0.717) is 12.2 Å². The maximum atomic E-state index is 11.5. The van der Waals surface area contributed by atoms with E-state index in [1.807, 2.05) is 30.3 Å². The molecule has 0 unspecified atom stereocenters. The van der Waals surface area contributed by atoms with Gasteiger partial charge in [-0.25, -0.2) is 4.68 Å². The first-order chi connectivity index (χ1) is 8.33. The van der Waals surface area contributed by atoms with E-state index in [1.54, 1.807) is 4.68 Å². The summed E-state index contributed by atoms with van der Waals surface area (Å²) in [6.07, 6.45) is 0.701. The third-order valence-corrected chi connectivity index (χ3v) is 2.78. The van der Waals surface area contributed by atoms with Crippen LogP contribution in [0.5, 0.6) is 0 Å². The highest BCUT2D eigenvalue weighted by Crippen LogP contribution is 2.18. The number of hydrogen-bond donors (Lipinski definition) is 1. The van der Waals surface area contributed by atoms with Crippen LogP contribution in [0, 0.1) is 0 Å². The smallest absolute Gasteiger partial charge is 0.242 e. The molecule has 1 aromatic heterocycles. The summed E-state index contributed by atoms with van der Waals surface area (Å²) < 4.78 is 1.55. The number of tetrazole rings is 1. The zero-order valence-electron chi connectivity index (χ0n) is 9.08. The van der Waals surface area contributed by atoms with E-state index in [9.17, 15) is 4.79 Å². The monoisotopic (exact) mass is 229 g/mol. The van der Waals surface area contributed by atoms with Crippen molar-refractivity contribution in [1.82, 2.24) is 25.5 Å². The summed E-state index contributed by atoms with van der Waals surface area (Å²) in [5.74, 6) is 0.666. The molecule has 0 radical (unpaired) electrons. The Morgan fingerprint density at radius 2 is 2.18 bits per heavy atom. The molecule has 1 aromatic carbocycles. The Bertz CT molecular complexity index is 536. The van der Waals surface area contributed by atoms with E-state index in [0.717, 1.165) is 5.56 Å². The van der Waals surface area contributed by atoms with Gasteiger partial charge < -0.3 is 5.32 Å². The van der Waals surface area contributed by atoms with Crippen LogP contribution in [0.3, 0.4) is 0 Å². The highest BCUT2D eigenvalue weighted by Gasteiger charge is 2.27. The molecule has 0 aliphatic carbocycles. The first-order valence-electron chi connectivity index (χ1n) is 5.42. The van der Waals surface area contributed by atoms with Crippen molar-refractivity contribution < 1.29 is 4.79 Å². The average Bonchev–Trinajstić information content (AvgIpc) is 2.78. The third kappa shape index (κ3) is 1.89. The summed E-state index contributed by atoms with van der Waals surface area (Å²) in [7, 11) is 0. The molecule has 0 saturated heterocycles. The van der Waals surface area contributed by atoms with Gasteiger partial charge in [0.05, 0.1) is 6.04 Å². The lowest BCUT2D eigenvalue weighted by molar-refractivity contribution is -0.123. The fourth-order valence-corrected chi connectivity index (χ4v) is 2.01. The molecule has 1 amide bonds. The second-order valence-electron chi connectivity index (χ2n) is 4.00. The van der Waals surface area contributed by atoms with Crippen molar-refractivity contribution >= 4 is 5.91 Å². The second-order valence-corrected chi connectivity index (χ2v) is 4.00. The molecule has 6 heteroatoms. The molecule has 6 nitrogen and oxygen atoms in total. The molecule has 0 spiro atoms. The predicted molar refractivity (Wildman–Crippen MR) is 58.8 cm³/mol. The molecule has 1 aliphatic heterocycles. The van der Waals surface area contributed by atoms with Crippen molar-refractivity contribution in [2.24, 2.45) is 0 Å². The van der Waals surface area contributed by atoms with Crippen molar-refractivity contribution in [3.63, 3.8) is 0 Å². The van der Waals surface area contributed by atoms with E-state index in [1.165, 1.54) is 0 Å². The van der Waals surface area contributed by atoms with Crippen molar-refractivity contribution in [3.05, 3.63) is 41.7 Å². The van der Waals surface area contributed by atoms with E-state index >= 15 is 0 Å². The predicted octanol–water partition coefficient (Wildman–Crippen LogP) is 0.0867. The van der Waals surface area contributed by atoms with Gasteiger partial charge in [0, 0.05) is 6.42 Å². The third-order valence-electron chi connectivity index (χ3n) is 2.78. The first kappa shape index (κ1) is 9.95. The zero-order valence-corrected chi connectivity index (χ0v) is 9.08. The van der Waals surface area contributed by atoms with Crippen LogP contribution >= 0.6 is 0 Å². The molecule has 1 atom stereocenters. The van der Waals surface area contributed by atoms with E-state index in [4.69, 9.17) is 0 Å². The summed E-state index contributed by atoms with van der Waals surface area (Å²) in [5.41, 5.74) is 1.15. The number of rotatable bonds is 2. The second kappa shape index (κ2) is 3.97. The van der Waals surface area contributed by atoms with Gasteiger partial charge >= 0.3 is 0 Å². The fourth-order valence-electron chi connectivity index (χ4n) is 2.01. The largest absolute Gasteiger partial charge is 0.344 e. The summed E-state index contributed by atoms with van der Waals surface area (Å²) in [6.45, 7) is 0.202. The lowest BCUT2D eigenvalue weighted by atomic mass is 10.0. The quantitative estimate of drug-likeness (QED) is 0.792. The highest BCUT2D eigenvalue weighted by molar-refractivity contribution is 5.77. The molecule has 2 aromatic rings. The molecule has 1 aliphatic rings. The minimum Gasteiger partial charge on any atom is -0.344 e. The number of amides is 1. The number of hydrogen-bond acceptors (Lipinski definition) is 4. The van der Waals surface area contributed by atoms with Crippen LogP contribution in [0.2, 0.25) is 0 Å². The number of carbonyl (C=O) groups is 1. The molecule has 17 heavy (non-hydrogen) atoms. The molecule has 0 bridgehead atoms. The Morgan fingerprint density at radius 1 is 1.35 bits per heavy atom. The van der Waals surface area contributed by atoms with Crippen molar-refractivity contribution in [1.29, 1.82) is 0 Å². The molecular formula is C11H11N5O. The normalized spacial score (nSPS) is 18.6. The van der Waals surface area contributed by atoms with Crippen LogP contribution < -0.4 is 5.32 Å². The van der Waals surface area contributed by atoms with Crippen LogP contribution in [0.25, 0.3) is 0 Å². The number of carbonyl (C=O) groups excluding carboxylic acids is 1. The number of aromatic nitrogens is 4. The van der Waals surface area contributed by atoms with Gasteiger partial charge in [0.1, 0.15) is 6.54 Å². The molecule has 0 fully saturated rings. The first-order valence-corrected chi connectivity index (χ1v) is 5.42. The number of nitrogens with one attached hydrogen (secondary N) is 1. The van der Waals surface area contributed by atoms with Gasteiger partial charge in [-0.15, -0.1) is 5.10 Å². The molecular weight excluding hydrogens is 218 g/mol. The summed E-state index contributed by atoms with van der Waals surface area (Å²) in [4.78, 5) is 11.5. The van der Waals surface area contributed by atoms with Gasteiger partial charge in [-0.05, 0) is 16.0 Å². The Morgan fingerprint density at radius 3 is 3.00 bits per heavy atom. The standard InChI is InChI=1S/C11H11N5O/c17-10-7-16-11(13-14-15-16)9(12-10)6-8-4-2-1-3-5-8/h1-5,9H,6-7H2,(H,12,17)/t9-/m1/s1. The number of nitrogens with zero attached hydrogens (tertiary/aromatic N) is 4. The van der Waals surface area contributed by atoms with Gasteiger partial charge in [0.15, 0.2) is 5.82 Å². The highest BCUT2D eigenvalue weighted by atomic mass is 16.2. The van der Waals surface area contributed by atoms with Crippen molar-refractivity contribution in [2.45, 2.75) is 19.0 Å². The maximum Gasteiger partial charge on any atom is 0.242 e.